The molecule has 92 valence electrons. The van der Waals surface area contributed by atoms with E-state index in [0.717, 1.165) is 0 Å². The topological polar surface area (TPSA) is 83.8 Å². The van der Waals surface area contributed by atoms with Crippen LogP contribution < -0.4 is 4.74 Å². The van der Waals surface area contributed by atoms with Gasteiger partial charge in [-0.1, -0.05) is 13.0 Å². The quantitative estimate of drug-likeness (QED) is 0.757. The molecule has 1 aromatic rings. The highest BCUT2D eigenvalue weighted by atomic mass is 16.5. The number of aliphatic hydroxyl groups excluding tert-OH is 1. The van der Waals surface area contributed by atoms with Crippen molar-refractivity contribution in [2.75, 3.05) is 7.11 Å². The maximum Gasteiger partial charge on any atom is 0.337 e. The molecule has 0 aromatic heterocycles. The third kappa shape index (κ3) is 2.82. The van der Waals surface area contributed by atoms with E-state index < -0.39 is 12.1 Å². The number of rotatable bonds is 5. The Morgan fingerprint density at radius 2 is 2.06 bits per heavy atom. The lowest BCUT2D eigenvalue weighted by molar-refractivity contribution is -0.146. The summed E-state index contributed by atoms with van der Waals surface area (Å²) >= 11 is 0. The number of carbonyl (C=O) groups is 2. The predicted molar refractivity (Wildman–Crippen MR) is 60.2 cm³/mol. The maximum atomic E-state index is 11.5. The molecule has 0 aliphatic heterocycles. The highest BCUT2D eigenvalue weighted by Gasteiger charge is 2.19. The fourth-order valence-corrected chi connectivity index (χ4v) is 1.44. The van der Waals surface area contributed by atoms with Crippen molar-refractivity contribution < 1.29 is 24.5 Å². The lowest BCUT2D eigenvalue weighted by Crippen LogP contribution is -2.11. The van der Waals surface area contributed by atoms with Crippen LogP contribution in [0.2, 0.25) is 0 Å². The number of ether oxygens (including phenoxy) is 1. The van der Waals surface area contributed by atoms with Gasteiger partial charge in [-0.25, -0.2) is 4.79 Å². The molecule has 0 aliphatic carbocycles. The van der Waals surface area contributed by atoms with Crippen molar-refractivity contribution in [1.82, 2.24) is 0 Å². The zero-order valence-corrected chi connectivity index (χ0v) is 9.64. The fraction of sp³-hybridized carbons (Fsp3) is 0.333. The van der Waals surface area contributed by atoms with Crippen LogP contribution >= 0.6 is 0 Å². The number of aliphatic carboxylic acids is 1. The number of carboxylic acid groups (broad SMARTS) is 1. The number of carbonyl (C=O) groups excluding carboxylic acids is 1. The van der Waals surface area contributed by atoms with Gasteiger partial charge in [0.1, 0.15) is 5.75 Å². The largest absolute Gasteiger partial charge is 0.496 e. The molecule has 5 heteroatoms. The number of Topliss-reactive ketones (excluding diaryl/α,β-unsaturated/α-hetero) is 1. The molecule has 0 fully saturated rings. The van der Waals surface area contributed by atoms with E-state index in [9.17, 15) is 14.7 Å². The first-order chi connectivity index (χ1) is 8.01. The Hall–Kier alpha value is -1.88. The molecule has 0 aliphatic rings. The van der Waals surface area contributed by atoms with Crippen LogP contribution in [0.4, 0.5) is 0 Å². The van der Waals surface area contributed by atoms with Crippen molar-refractivity contribution in [2.45, 2.75) is 19.4 Å². The summed E-state index contributed by atoms with van der Waals surface area (Å²) in [6, 6.07) is 4.23. The minimum atomic E-state index is -1.62. The molecule has 0 amide bonds. The number of carboxylic acids is 1. The van der Waals surface area contributed by atoms with E-state index in [4.69, 9.17) is 9.84 Å². The molecule has 0 saturated carbocycles. The van der Waals surface area contributed by atoms with E-state index in [2.05, 4.69) is 0 Å². The van der Waals surface area contributed by atoms with Crippen LogP contribution in [0.25, 0.3) is 0 Å². The molecule has 1 aromatic carbocycles. The molecule has 17 heavy (non-hydrogen) atoms. The van der Waals surface area contributed by atoms with E-state index in [-0.39, 0.29) is 17.1 Å². The predicted octanol–water partition coefficient (Wildman–Crippen LogP) is 1.41. The average Bonchev–Trinajstić information content (AvgIpc) is 2.35. The summed E-state index contributed by atoms with van der Waals surface area (Å²) in [6.07, 6.45) is -1.29. The number of benzene rings is 1. The van der Waals surface area contributed by atoms with Crippen molar-refractivity contribution in [1.29, 1.82) is 0 Å². The molecule has 1 atom stereocenters. The normalized spacial score (nSPS) is 11.9. The Labute approximate surface area is 98.6 Å². The molecule has 5 nitrogen and oxygen atoms in total. The van der Waals surface area contributed by atoms with Crippen molar-refractivity contribution in [3.63, 3.8) is 0 Å². The standard InChI is InChI=1S/C12H14O5/c1-3-9(13)8-5-4-7(6-10(8)17-2)11(14)12(15)16/h4-6,11,14H,3H2,1-2H3,(H,15,16). The summed E-state index contributed by atoms with van der Waals surface area (Å²) in [7, 11) is 1.39. The van der Waals surface area contributed by atoms with Crippen molar-refractivity contribution in [2.24, 2.45) is 0 Å². The zero-order valence-electron chi connectivity index (χ0n) is 9.64. The first-order valence-corrected chi connectivity index (χ1v) is 5.13. The lowest BCUT2D eigenvalue weighted by Gasteiger charge is -2.11. The Bertz CT molecular complexity index is 439. The maximum absolute atomic E-state index is 11.5. The monoisotopic (exact) mass is 238 g/mol. The number of methoxy groups -OCH3 is 1. The van der Waals surface area contributed by atoms with Gasteiger partial charge in [-0.2, -0.15) is 0 Å². The third-order valence-corrected chi connectivity index (χ3v) is 2.40. The van der Waals surface area contributed by atoms with Crippen molar-refractivity contribution in [3.8, 4) is 5.75 Å². The molecule has 0 spiro atoms. The second kappa shape index (κ2) is 5.45. The van der Waals surface area contributed by atoms with Gasteiger partial charge in [0.05, 0.1) is 12.7 Å². The summed E-state index contributed by atoms with van der Waals surface area (Å²) in [5, 5.41) is 18.0. The molecular weight excluding hydrogens is 224 g/mol. The Morgan fingerprint density at radius 1 is 1.41 bits per heavy atom. The molecule has 0 bridgehead atoms. The molecule has 0 saturated heterocycles. The van der Waals surface area contributed by atoms with E-state index >= 15 is 0 Å². The number of hydrogen-bond donors (Lipinski definition) is 2. The number of aliphatic hydroxyl groups is 1. The van der Waals surface area contributed by atoms with Crippen LogP contribution in [0.5, 0.6) is 5.75 Å². The molecule has 2 N–H and O–H groups in total. The summed E-state index contributed by atoms with van der Waals surface area (Å²) < 4.78 is 5.01. The molecule has 0 radical (unpaired) electrons. The highest BCUT2D eigenvalue weighted by molar-refractivity contribution is 5.98. The van der Waals surface area contributed by atoms with Gasteiger partial charge < -0.3 is 14.9 Å². The van der Waals surface area contributed by atoms with Gasteiger partial charge >= 0.3 is 5.97 Å². The van der Waals surface area contributed by atoms with Crippen LogP contribution in [0.3, 0.4) is 0 Å². The average molecular weight is 238 g/mol. The minimum Gasteiger partial charge on any atom is -0.496 e. The summed E-state index contributed by atoms with van der Waals surface area (Å²) in [6.45, 7) is 1.72. The summed E-state index contributed by atoms with van der Waals surface area (Å²) in [4.78, 5) is 22.2. The fourth-order valence-electron chi connectivity index (χ4n) is 1.44. The summed E-state index contributed by atoms with van der Waals surface area (Å²) in [5.74, 6) is -1.17. The van der Waals surface area contributed by atoms with Crippen LogP contribution in [0.15, 0.2) is 18.2 Å². The Morgan fingerprint density at radius 3 is 2.53 bits per heavy atom. The highest BCUT2D eigenvalue weighted by Crippen LogP contribution is 2.25. The Kier molecular flexibility index (Phi) is 4.23. The van der Waals surface area contributed by atoms with E-state index in [1.165, 1.54) is 25.3 Å². The summed E-state index contributed by atoms with van der Waals surface area (Å²) in [5.41, 5.74) is 0.568. The minimum absolute atomic E-state index is 0.0989. The van der Waals surface area contributed by atoms with Crippen molar-refractivity contribution in [3.05, 3.63) is 29.3 Å². The second-order valence-corrected chi connectivity index (χ2v) is 3.48. The SMILES string of the molecule is CCC(=O)c1ccc(C(O)C(=O)O)cc1OC. The van der Waals surface area contributed by atoms with Gasteiger partial charge in [0.2, 0.25) is 0 Å². The zero-order chi connectivity index (χ0) is 13.0. The molecule has 1 rings (SSSR count). The van der Waals surface area contributed by atoms with Crippen LogP contribution in [0, 0.1) is 0 Å². The first-order valence-electron chi connectivity index (χ1n) is 5.13. The first kappa shape index (κ1) is 13.2. The third-order valence-electron chi connectivity index (χ3n) is 2.40. The van der Waals surface area contributed by atoms with Gasteiger partial charge in [0, 0.05) is 6.42 Å². The van der Waals surface area contributed by atoms with Gasteiger partial charge in [-0.05, 0) is 17.7 Å². The van der Waals surface area contributed by atoms with Crippen molar-refractivity contribution >= 4 is 11.8 Å². The Balaban J connectivity index is 3.17. The van der Waals surface area contributed by atoms with Crippen LogP contribution in [0.1, 0.15) is 35.4 Å². The molecule has 0 heterocycles. The van der Waals surface area contributed by atoms with E-state index in [0.29, 0.717) is 12.0 Å². The molecule has 1 unspecified atom stereocenters. The second-order valence-electron chi connectivity index (χ2n) is 3.48. The number of ketones is 1. The smallest absolute Gasteiger partial charge is 0.337 e. The van der Waals surface area contributed by atoms with E-state index in [1.807, 2.05) is 0 Å². The van der Waals surface area contributed by atoms with Gasteiger partial charge in [0.15, 0.2) is 11.9 Å². The molecular formula is C12H14O5. The van der Waals surface area contributed by atoms with E-state index in [1.54, 1.807) is 6.92 Å². The lowest BCUT2D eigenvalue weighted by atomic mass is 10.0. The van der Waals surface area contributed by atoms with Gasteiger partial charge in [-0.3, -0.25) is 4.79 Å². The van der Waals surface area contributed by atoms with Crippen LogP contribution in [-0.2, 0) is 4.79 Å². The van der Waals surface area contributed by atoms with Gasteiger partial charge in [-0.15, -0.1) is 0 Å². The van der Waals surface area contributed by atoms with Crippen LogP contribution in [-0.4, -0.2) is 29.1 Å². The van der Waals surface area contributed by atoms with Gasteiger partial charge in [0.25, 0.3) is 0 Å². The number of hydrogen-bond acceptors (Lipinski definition) is 4.